The molecular formula is C11H13F3N2O3. The third kappa shape index (κ3) is 4.57. The molecule has 0 amide bonds. The van der Waals surface area contributed by atoms with Crippen molar-refractivity contribution in [2.75, 3.05) is 13.2 Å². The summed E-state index contributed by atoms with van der Waals surface area (Å²) in [6, 6.07) is 3.97. The number of oxime groups is 1. The molecule has 0 aliphatic rings. The number of halogens is 3. The van der Waals surface area contributed by atoms with Crippen molar-refractivity contribution in [1.29, 1.82) is 0 Å². The molecule has 0 fully saturated rings. The zero-order valence-electron chi connectivity index (χ0n) is 10.1. The van der Waals surface area contributed by atoms with Crippen LogP contribution in [0.2, 0.25) is 0 Å². The van der Waals surface area contributed by atoms with Crippen LogP contribution in [0.25, 0.3) is 0 Å². The van der Waals surface area contributed by atoms with Gasteiger partial charge in [-0.3, -0.25) is 0 Å². The molecule has 8 heteroatoms. The molecule has 106 valence electrons. The van der Waals surface area contributed by atoms with Crippen molar-refractivity contribution in [2.45, 2.75) is 13.1 Å². The van der Waals surface area contributed by atoms with E-state index in [0.717, 1.165) is 0 Å². The molecule has 0 saturated heterocycles. The summed E-state index contributed by atoms with van der Waals surface area (Å²) in [5, 5.41) is 11.3. The van der Waals surface area contributed by atoms with Gasteiger partial charge in [0.05, 0.1) is 6.61 Å². The summed E-state index contributed by atoms with van der Waals surface area (Å²) in [6.45, 7) is 0.488. The first-order chi connectivity index (χ1) is 8.87. The van der Waals surface area contributed by atoms with Crippen molar-refractivity contribution in [3.63, 3.8) is 0 Å². The van der Waals surface area contributed by atoms with Crippen molar-refractivity contribution in [3.05, 3.63) is 23.8 Å². The molecule has 0 aliphatic carbocycles. The summed E-state index contributed by atoms with van der Waals surface area (Å²) in [5.41, 5.74) is 5.69. The molecule has 0 aliphatic heterocycles. The second-order valence-electron chi connectivity index (χ2n) is 3.48. The number of rotatable bonds is 5. The Hall–Kier alpha value is -2.12. The van der Waals surface area contributed by atoms with E-state index in [9.17, 15) is 13.2 Å². The highest BCUT2D eigenvalue weighted by Gasteiger charge is 2.29. The van der Waals surface area contributed by atoms with Crippen LogP contribution >= 0.6 is 0 Å². The van der Waals surface area contributed by atoms with E-state index in [1.807, 2.05) is 0 Å². The lowest BCUT2D eigenvalue weighted by Gasteiger charge is -2.14. The Kier molecular flexibility index (Phi) is 4.85. The van der Waals surface area contributed by atoms with Gasteiger partial charge in [0, 0.05) is 5.56 Å². The van der Waals surface area contributed by atoms with Crippen LogP contribution in [0.4, 0.5) is 13.2 Å². The number of alkyl halides is 3. The SMILES string of the molecule is CCOc1cc(/C(N)=N/O)ccc1OCC(F)(F)F. The topological polar surface area (TPSA) is 77.1 Å². The molecule has 0 bridgehead atoms. The largest absolute Gasteiger partial charge is 0.490 e. The van der Waals surface area contributed by atoms with Gasteiger partial charge in [-0.05, 0) is 25.1 Å². The number of amidine groups is 1. The second-order valence-corrected chi connectivity index (χ2v) is 3.48. The Morgan fingerprint density at radius 2 is 2.00 bits per heavy atom. The maximum absolute atomic E-state index is 12.1. The highest BCUT2D eigenvalue weighted by molar-refractivity contribution is 5.97. The van der Waals surface area contributed by atoms with Gasteiger partial charge >= 0.3 is 6.18 Å². The summed E-state index contributed by atoms with van der Waals surface area (Å²) in [6.07, 6.45) is -4.44. The molecule has 1 aromatic carbocycles. The zero-order valence-corrected chi connectivity index (χ0v) is 10.1. The van der Waals surface area contributed by atoms with E-state index in [0.29, 0.717) is 5.56 Å². The van der Waals surface area contributed by atoms with Crippen molar-refractivity contribution in [3.8, 4) is 11.5 Å². The third-order valence-corrected chi connectivity index (χ3v) is 2.04. The zero-order chi connectivity index (χ0) is 14.5. The van der Waals surface area contributed by atoms with Gasteiger partial charge < -0.3 is 20.4 Å². The van der Waals surface area contributed by atoms with Crippen molar-refractivity contribution in [2.24, 2.45) is 10.9 Å². The van der Waals surface area contributed by atoms with Crippen LogP contribution in [0.3, 0.4) is 0 Å². The van der Waals surface area contributed by atoms with Gasteiger partial charge in [0.1, 0.15) is 0 Å². The van der Waals surface area contributed by atoms with Crippen LogP contribution in [0.1, 0.15) is 12.5 Å². The number of nitrogens with two attached hydrogens (primary N) is 1. The summed E-state index contributed by atoms with van der Waals surface area (Å²) < 4.78 is 46.0. The minimum absolute atomic E-state index is 0.0614. The van der Waals surface area contributed by atoms with E-state index in [2.05, 4.69) is 9.89 Å². The Labute approximate surface area is 107 Å². The fourth-order valence-corrected chi connectivity index (χ4v) is 1.27. The minimum atomic E-state index is -4.44. The number of nitrogens with zero attached hydrogens (tertiary/aromatic N) is 1. The van der Waals surface area contributed by atoms with Crippen LogP contribution < -0.4 is 15.2 Å². The highest BCUT2D eigenvalue weighted by Crippen LogP contribution is 2.30. The fourth-order valence-electron chi connectivity index (χ4n) is 1.27. The quantitative estimate of drug-likeness (QED) is 0.374. The van der Waals surface area contributed by atoms with Crippen molar-refractivity contribution < 1.29 is 27.9 Å². The molecule has 0 radical (unpaired) electrons. The van der Waals surface area contributed by atoms with Gasteiger partial charge in [-0.15, -0.1) is 0 Å². The van der Waals surface area contributed by atoms with E-state index in [4.69, 9.17) is 15.7 Å². The van der Waals surface area contributed by atoms with Crippen LogP contribution in [0.5, 0.6) is 11.5 Å². The Morgan fingerprint density at radius 3 is 2.53 bits per heavy atom. The van der Waals surface area contributed by atoms with Crippen LogP contribution in [-0.2, 0) is 0 Å². The summed E-state index contributed by atoms with van der Waals surface area (Å²) in [7, 11) is 0. The minimum Gasteiger partial charge on any atom is -0.490 e. The van der Waals surface area contributed by atoms with Crippen molar-refractivity contribution in [1.82, 2.24) is 0 Å². The lowest BCUT2D eigenvalue weighted by molar-refractivity contribution is -0.153. The molecule has 0 aromatic heterocycles. The summed E-state index contributed by atoms with van der Waals surface area (Å²) in [4.78, 5) is 0. The molecule has 19 heavy (non-hydrogen) atoms. The molecule has 1 rings (SSSR count). The molecule has 5 nitrogen and oxygen atoms in total. The van der Waals surface area contributed by atoms with E-state index >= 15 is 0 Å². The van der Waals surface area contributed by atoms with Gasteiger partial charge in [-0.25, -0.2) is 0 Å². The molecule has 0 atom stereocenters. The lowest BCUT2D eigenvalue weighted by Crippen LogP contribution is -2.20. The fraction of sp³-hybridized carbons (Fsp3) is 0.364. The van der Waals surface area contributed by atoms with Crippen LogP contribution in [0, 0.1) is 0 Å². The standard InChI is InChI=1S/C11H13F3N2O3/c1-2-18-9-5-7(10(15)16-17)3-4-8(9)19-6-11(12,13)14/h3-5,17H,2,6H2,1H3,(H2,15,16). The van der Waals surface area contributed by atoms with Gasteiger partial charge in [0.25, 0.3) is 0 Å². The maximum Gasteiger partial charge on any atom is 0.422 e. The first-order valence-electron chi connectivity index (χ1n) is 5.31. The summed E-state index contributed by atoms with van der Waals surface area (Å²) in [5.74, 6) is -0.146. The molecule has 0 spiro atoms. The average Bonchev–Trinajstić information content (AvgIpc) is 2.35. The molecule has 3 N–H and O–H groups in total. The molecular weight excluding hydrogens is 265 g/mol. The Morgan fingerprint density at radius 1 is 1.32 bits per heavy atom. The average molecular weight is 278 g/mol. The third-order valence-electron chi connectivity index (χ3n) is 2.04. The predicted octanol–water partition coefficient (Wildman–Crippen LogP) is 2.12. The van der Waals surface area contributed by atoms with Crippen molar-refractivity contribution >= 4 is 5.84 Å². The van der Waals surface area contributed by atoms with E-state index in [1.165, 1.54) is 18.2 Å². The van der Waals surface area contributed by atoms with Crippen LogP contribution in [-0.4, -0.2) is 30.4 Å². The van der Waals surface area contributed by atoms with Gasteiger partial charge in [-0.1, -0.05) is 5.16 Å². The number of benzene rings is 1. The predicted molar refractivity (Wildman–Crippen MR) is 61.7 cm³/mol. The molecule has 0 saturated carbocycles. The monoisotopic (exact) mass is 278 g/mol. The lowest BCUT2D eigenvalue weighted by atomic mass is 10.2. The normalized spacial score (nSPS) is 12.3. The Balaban J connectivity index is 2.98. The first kappa shape index (κ1) is 14.9. The van der Waals surface area contributed by atoms with E-state index in [-0.39, 0.29) is 23.9 Å². The summed E-state index contributed by atoms with van der Waals surface area (Å²) >= 11 is 0. The smallest absolute Gasteiger partial charge is 0.422 e. The number of ether oxygens (including phenoxy) is 2. The number of hydrogen-bond donors (Lipinski definition) is 2. The molecule has 1 aromatic rings. The van der Waals surface area contributed by atoms with Crippen LogP contribution in [0.15, 0.2) is 23.4 Å². The first-order valence-corrected chi connectivity index (χ1v) is 5.31. The van der Waals surface area contributed by atoms with E-state index in [1.54, 1.807) is 6.92 Å². The second kappa shape index (κ2) is 6.17. The molecule has 0 heterocycles. The van der Waals surface area contributed by atoms with Gasteiger partial charge in [-0.2, -0.15) is 13.2 Å². The maximum atomic E-state index is 12.1. The van der Waals surface area contributed by atoms with E-state index < -0.39 is 12.8 Å². The Bertz CT molecular complexity index is 461. The van der Waals surface area contributed by atoms with Gasteiger partial charge in [0.2, 0.25) is 0 Å². The van der Waals surface area contributed by atoms with Gasteiger partial charge in [0.15, 0.2) is 23.9 Å². The highest BCUT2D eigenvalue weighted by atomic mass is 19.4. The molecule has 0 unspecified atom stereocenters. The number of hydrogen-bond acceptors (Lipinski definition) is 4.